The third kappa shape index (κ3) is 3.85. The van der Waals surface area contributed by atoms with Crippen LogP contribution >= 0.6 is 15.9 Å². The summed E-state index contributed by atoms with van der Waals surface area (Å²) < 4.78 is 12.6. The van der Waals surface area contributed by atoms with Gasteiger partial charge in [0.2, 0.25) is 0 Å². The van der Waals surface area contributed by atoms with E-state index in [9.17, 15) is 0 Å². The third-order valence-electron chi connectivity index (χ3n) is 3.97. The van der Waals surface area contributed by atoms with E-state index in [1.54, 1.807) is 0 Å². The Hall–Kier alpha value is -0.900. The van der Waals surface area contributed by atoms with Crippen LogP contribution in [0.15, 0.2) is 40.9 Å². The van der Waals surface area contributed by atoms with Gasteiger partial charge in [0.15, 0.2) is 6.29 Å². The average molecular weight is 349 g/mol. The van der Waals surface area contributed by atoms with Crippen LogP contribution in [0.4, 0.5) is 0 Å². The molecule has 0 saturated carbocycles. The van der Waals surface area contributed by atoms with Gasteiger partial charge in [-0.15, -0.1) is 0 Å². The summed E-state index contributed by atoms with van der Waals surface area (Å²) in [5, 5.41) is 2.62. The SMILES string of the molecule is Brc1cccc2cccc(CCCOC3CCCCO3)c12. The van der Waals surface area contributed by atoms with Crippen LogP contribution in [-0.4, -0.2) is 19.5 Å². The van der Waals surface area contributed by atoms with Crippen molar-refractivity contribution < 1.29 is 9.47 Å². The highest BCUT2D eigenvalue weighted by Gasteiger charge is 2.13. The van der Waals surface area contributed by atoms with Gasteiger partial charge in [-0.05, 0) is 54.5 Å². The Labute approximate surface area is 134 Å². The van der Waals surface area contributed by atoms with Gasteiger partial charge in [0.05, 0.1) is 6.61 Å². The smallest absolute Gasteiger partial charge is 0.157 e. The zero-order valence-electron chi connectivity index (χ0n) is 12.2. The second kappa shape index (κ2) is 7.39. The molecule has 0 spiro atoms. The minimum Gasteiger partial charge on any atom is -0.353 e. The van der Waals surface area contributed by atoms with Crippen molar-refractivity contribution in [1.29, 1.82) is 0 Å². The molecule has 2 aromatic rings. The van der Waals surface area contributed by atoms with Crippen molar-refractivity contribution in [3.05, 3.63) is 46.4 Å². The third-order valence-corrected chi connectivity index (χ3v) is 4.63. The number of aryl methyl sites for hydroxylation is 1. The number of ether oxygens (including phenoxy) is 2. The Kier molecular flexibility index (Phi) is 5.28. The number of fused-ring (bicyclic) bond motifs is 1. The molecule has 21 heavy (non-hydrogen) atoms. The van der Waals surface area contributed by atoms with Crippen molar-refractivity contribution in [1.82, 2.24) is 0 Å². The molecule has 1 heterocycles. The van der Waals surface area contributed by atoms with Crippen molar-refractivity contribution in [2.75, 3.05) is 13.2 Å². The van der Waals surface area contributed by atoms with Gasteiger partial charge < -0.3 is 9.47 Å². The Morgan fingerprint density at radius 3 is 2.81 bits per heavy atom. The molecule has 1 unspecified atom stereocenters. The fraction of sp³-hybridized carbons (Fsp3) is 0.444. The fourth-order valence-electron chi connectivity index (χ4n) is 2.90. The minimum atomic E-state index is 0.0259. The molecule has 112 valence electrons. The molecular weight excluding hydrogens is 328 g/mol. The minimum absolute atomic E-state index is 0.0259. The van der Waals surface area contributed by atoms with Gasteiger partial charge in [-0.25, -0.2) is 0 Å². The first-order chi connectivity index (χ1) is 10.3. The molecule has 1 fully saturated rings. The Morgan fingerprint density at radius 1 is 1.14 bits per heavy atom. The molecule has 1 aliphatic heterocycles. The van der Waals surface area contributed by atoms with Crippen molar-refractivity contribution >= 4 is 26.7 Å². The molecule has 3 heteroatoms. The van der Waals surface area contributed by atoms with Gasteiger partial charge in [0.25, 0.3) is 0 Å². The summed E-state index contributed by atoms with van der Waals surface area (Å²) in [5.41, 5.74) is 1.38. The Morgan fingerprint density at radius 2 is 2.00 bits per heavy atom. The predicted molar refractivity (Wildman–Crippen MR) is 89.5 cm³/mol. The first-order valence-electron chi connectivity index (χ1n) is 7.74. The molecule has 0 amide bonds. The zero-order valence-corrected chi connectivity index (χ0v) is 13.8. The molecule has 1 atom stereocenters. The Balaban J connectivity index is 1.58. The lowest BCUT2D eigenvalue weighted by molar-refractivity contribution is -0.162. The Bertz CT molecular complexity index is 586. The molecule has 0 bridgehead atoms. The van der Waals surface area contributed by atoms with Crippen LogP contribution in [0.3, 0.4) is 0 Å². The number of hydrogen-bond acceptors (Lipinski definition) is 2. The summed E-state index contributed by atoms with van der Waals surface area (Å²) in [6.07, 6.45) is 5.52. The van der Waals surface area contributed by atoms with Gasteiger partial charge in [-0.2, -0.15) is 0 Å². The quantitative estimate of drug-likeness (QED) is 0.701. The molecule has 0 radical (unpaired) electrons. The van der Waals surface area contributed by atoms with Gasteiger partial charge in [0.1, 0.15) is 0 Å². The highest BCUT2D eigenvalue weighted by molar-refractivity contribution is 9.10. The molecule has 2 aromatic carbocycles. The number of benzene rings is 2. The van der Waals surface area contributed by atoms with Crippen molar-refractivity contribution in [2.45, 2.75) is 38.4 Å². The first kappa shape index (κ1) is 15.0. The maximum atomic E-state index is 5.81. The van der Waals surface area contributed by atoms with E-state index in [1.807, 2.05) is 0 Å². The monoisotopic (exact) mass is 348 g/mol. The second-order valence-corrected chi connectivity index (χ2v) is 6.38. The molecule has 1 aliphatic rings. The molecule has 1 saturated heterocycles. The average Bonchev–Trinajstić information content (AvgIpc) is 2.53. The lowest BCUT2D eigenvalue weighted by Crippen LogP contribution is -2.22. The second-order valence-electron chi connectivity index (χ2n) is 5.53. The van der Waals surface area contributed by atoms with Crippen LogP contribution in [0.2, 0.25) is 0 Å². The van der Waals surface area contributed by atoms with E-state index in [0.717, 1.165) is 32.5 Å². The van der Waals surface area contributed by atoms with Crippen LogP contribution in [0.25, 0.3) is 10.8 Å². The largest absolute Gasteiger partial charge is 0.353 e. The van der Waals surface area contributed by atoms with E-state index in [2.05, 4.69) is 52.3 Å². The van der Waals surface area contributed by atoms with E-state index in [4.69, 9.17) is 9.47 Å². The summed E-state index contributed by atoms with van der Waals surface area (Å²) in [4.78, 5) is 0. The van der Waals surface area contributed by atoms with E-state index < -0.39 is 0 Å². The molecule has 3 rings (SSSR count). The summed E-state index contributed by atoms with van der Waals surface area (Å²) in [5.74, 6) is 0. The summed E-state index contributed by atoms with van der Waals surface area (Å²) in [6, 6.07) is 12.9. The zero-order chi connectivity index (χ0) is 14.5. The van der Waals surface area contributed by atoms with Crippen LogP contribution in [0.5, 0.6) is 0 Å². The van der Waals surface area contributed by atoms with Gasteiger partial charge in [-0.3, -0.25) is 0 Å². The summed E-state index contributed by atoms with van der Waals surface area (Å²) in [6.45, 7) is 1.62. The lowest BCUT2D eigenvalue weighted by atomic mass is 10.0. The predicted octanol–water partition coefficient (Wildman–Crippen LogP) is 5.08. The molecule has 2 nitrogen and oxygen atoms in total. The van der Waals surface area contributed by atoms with E-state index in [-0.39, 0.29) is 6.29 Å². The number of rotatable bonds is 5. The van der Waals surface area contributed by atoms with Crippen molar-refractivity contribution in [2.24, 2.45) is 0 Å². The summed E-state index contributed by atoms with van der Waals surface area (Å²) in [7, 11) is 0. The first-order valence-corrected chi connectivity index (χ1v) is 8.53. The number of halogens is 1. The highest BCUT2D eigenvalue weighted by Crippen LogP contribution is 2.28. The van der Waals surface area contributed by atoms with Crippen LogP contribution in [0, 0.1) is 0 Å². The normalized spacial score (nSPS) is 19.0. The molecular formula is C18H21BrO2. The number of hydrogen-bond donors (Lipinski definition) is 0. The summed E-state index contributed by atoms with van der Waals surface area (Å²) >= 11 is 3.67. The van der Waals surface area contributed by atoms with E-state index in [0.29, 0.717) is 0 Å². The van der Waals surface area contributed by atoms with Gasteiger partial charge in [-0.1, -0.05) is 46.3 Å². The topological polar surface area (TPSA) is 18.5 Å². The van der Waals surface area contributed by atoms with Crippen LogP contribution < -0.4 is 0 Å². The highest BCUT2D eigenvalue weighted by atomic mass is 79.9. The molecule has 0 aromatic heterocycles. The van der Waals surface area contributed by atoms with Crippen molar-refractivity contribution in [3.8, 4) is 0 Å². The maximum Gasteiger partial charge on any atom is 0.157 e. The van der Waals surface area contributed by atoms with Crippen LogP contribution in [0.1, 0.15) is 31.2 Å². The molecule has 0 N–H and O–H groups in total. The van der Waals surface area contributed by atoms with E-state index >= 15 is 0 Å². The van der Waals surface area contributed by atoms with Crippen LogP contribution in [-0.2, 0) is 15.9 Å². The van der Waals surface area contributed by atoms with Gasteiger partial charge in [0, 0.05) is 11.1 Å². The van der Waals surface area contributed by atoms with Crippen molar-refractivity contribution in [3.63, 3.8) is 0 Å². The van der Waals surface area contributed by atoms with E-state index in [1.165, 1.54) is 33.7 Å². The standard InChI is InChI=1S/C18H21BrO2/c19-16-10-4-8-14-6-3-7-15(18(14)16)9-5-13-21-17-11-1-2-12-20-17/h3-4,6-8,10,17H,1-2,5,9,11-13H2. The maximum absolute atomic E-state index is 5.81. The lowest BCUT2D eigenvalue weighted by Gasteiger charge is -2.22. The molecule has 0 aliphatic carbocycles. The van der Waals surface area contributed by atoms with Gasteiger partial charge >= 0.3 is 0 Å². The fourth-order valence-corrected chi connectivity index (χ4v) is 3.53.